The summed E-state index contributed by atoms with van der Waals surface area (Å²) in [5.41, 5.74) is 1.61. The fourth-order valence-corrected chi connectivity index (χ4v) is 3.99. The van der Waals surface area contributed by atoms with E-state index in [0.29, 0.717) is 18.4 Å². The highest BCUT2D eigenvalue weighted by atomic mass is 32.2. The van der Waals surface area contributed by atoms with E-state index in [-0.39, 0.29) is 11.0 Å². The SMILES string of the molecule is CCSC(c1nnc(-c2ccc(OCCCCN(C)C)cc2)o1)c1ccccc1O. The number of nitrogens with zero attached hydrogens (tertiary/aromatic N) is 3. The minimum absolute atomic E-state index is 0.206. The Labute approximate surface area is 182 Å². The molecule has 0 saturated carbocycles. The molecule has 0 bridgehead atoms. The third-order valence-electron chi connectivity index (χ3n) is 4.59. The average molecular weight is 428 g/mol. The van der Waals surface area contributed by atoms with Crippen molar-refractivity contribution < 1.29 is 14.3 Å². The first-order chi connectivity index (χ1) is 14.6. The number of rotatable bonds is 11. The van der Waals surface area contributed by atoms with Crippen LogP contribution in [-0.4, -0.2) is 53.2 Å². The molecule has 1 atom stereocenters. The van der Waals surface area contributed by atoms with Gasteiger partial charge in [-0.15, -0.1) is 22.0 Å². The van der Waals surface area contributed by atoms with E-state index in [1.165, 1.54) is 0 Å². The Morgan fingerprint density at radius 3 is 2.53 bits per heavy atom. The molecular formula is C23H29N3O3S. The number of hydrogen-bond acceptors (Lipinski definition) is 7. The van der Waals surface area contributed by atoms with Gasteiger partial charge in [-0.25, -0.2) is 0 Å². The molecule has 3 rings (SSSR count). The number of para-hydroxylation sites is 1. The van der Waals surface area contributed by atoms with Crippen LogP contribution in [0.15, 0.2) is 52.9 Å². The Kier molecular flexibility index (Phi) is 8.16. The van der Waals surface area contributed by atoms with E-state index in [0.717, 1.165) is 42.0 Å². The minimum Gasteiger partial charge on any atom is -0.508 e. The van der Waals surface area contributed by atoms with Gasteiger partial charge in [-0.3, -0.25) is 0 Å². The van der Waals surface area contributed by atoms with Gasteiger partial charge in [0.1, 0.15) is 16.7 Å². The zero-order valence-corrected chi connectivity index (χ0v) is 18.6. The van der Waals surface area contributed by atoms with Crippen LogP contribution in [0.1, 0.15) is 36.5 Å². The van der Waals surface area contributed by atoms with Gasteiger partial charge < -0.3 is 19.2 Å². The number of hydrogen-bond donors (Lipinski definition) is 1. The quantitative estimate of drug-likeness (QED) is 0.432. The van der Waals surface area contributed by atoms with E-state index in [1.807, 2.05) is 36.4 Å². The van der Waals surface area contributed by atoms with Crippen molar-refractivity contribution in [3.8, 4) is 23.0 Å². The fraction of sp³-hybridized carbons (Fsp3) is 0.391. The molecular weight excluding hydrogens is 398 g/mol. The smallest absolute Gasteiger partial charge is 0.247 e. The van der Waals surface area contributed by atoms with Crippen molar-refractivity contribution in [1.29, 1.82) is 0 Å². The van der Waals surface area contributed by atoms with Gasteiger partial charge in [0, 0.05) is 11.1 Å². The Morgan fingerprint density at radius 2 is 1.83 bits per heavy atom. The van der Waals surface area contributed by atoms with Crippen molar-refractivity contribution in [2.24, 2.45) is 0 Å². The van der Waals surface area contributed by atoms with Crippen molar-refractivity contribution in [3.63, 3.8) is 0 Å². The molecule has 1 N–H and O–H groups in total. The first-order valence-corrected chi connectivity index (χ1v) is 11.2. The molecule has 1 unspecified atom stereocenters. The minimum atomic E-state index is -0.206. The maximum Gasteiger partial charge on any atom is 0.247 e. The molecule has 1 heterocycles. The second-order valence-electron chi connectivity index (χ2n) is 7.22. The monoisotopic (exact) mass is 427 g/mol. The summed E-state index contributed by atoms with van der Waals surface area (Å²) < 4.78 is 11.8. The zero-order chi connectivity index (χ0) is 21.3. The molecule has 1 aromatic heterocycles. The number of unbranched alkanes of at least 4 members (excludes halogenated alkanes) is 1. The Morgan fingerprint density at radius 1 is 1.07 bits per heavy atom. The van der Waals surface area contributed by atoms with Crippen LogP contribution in [0.3, 0.4) is 0 Å². The Hall–Kier alpha value is -2.51. The van der Waals surface area contributed by atoms with Crippen LogP contribution < -0.4 is 4.74 Å². The third kappa shape index (κ3) is 6.00. The average Bonchev–Trinajstić information content (AvgIpc) is 3.22. The van der Waals surface area contributed by atoms with Crippen LogP contribution in [0.5, 0.6) is 11.5 Å². The number of thioether (sulfide) groups is 1. The number of ether oxygens (including phenoxy) is 1. The van der Waals surface area contributed by atoms with Crippen LogP contribution >= 0.6 is 11.8 Å². The van der Waals surface area contributed by atoms with Gasteiger partial charge in [0.25, 0.3) is 0 Å². The predicted molar refractivity (Wildman–Crippen MR) is 121 cm³/mol. The maximum atomic E-state index is 10.2. The predicted octanol–water partition coefficient (Wildman–Crippen LogP) is 5.01. The molecule has 7 heteroatoms. The van der Waals surface area contributed by atoms with Gasteiger partial charge in [0.2, 0.25) is 11.8 Å². The summed E-state index contributed by atoms with van der Waals surface area (Å²) in [6.45, 7) is 3.84. The molecule has 30 heavy (non-hydrogen) atoms. The second-order valence-corrected chi connectivity index (χ2v) is 8.60. The van der Waals surface area contributed by atoms with Crippen LogP contribution in [0, 0.1) is 0 Å². The molecule has 0 aliphatic heterocycles. The molecule has 160 valence electrons. The van der Waals surface area contributed by atoms with E-state index in [9.17, 15) is 5.11 Å². The van der Waals surface area contributed by atoms with Crippen LogP contribution in [0.4, 0.5) is 0 Å². The number of benzene rings is 2. The lowest BCUT2D eigenvalue weighted by atomic mass is 10.1. The zero-order valence-electron chi connectivity index (χ0n) is 17.7. The first kappa shape index (κ1) is 22.2. The van der Waals surface area contributed by atoms with Gasteiger partial charge in [0.15, 0.2) is 0 Å². The highest BCUT2D eigenvalue weighted by molar-refractivity contribution is 7.99. The molecule has 0 amide bonds. The molecule has 0 aliphatic carbocycles. The number of aromatic nitrogens is 2. The molecule has 0 saturated heterocycles. The summed E-state index contributed by atoms with van der Waals surface area (Å²) in [6.07, 6.45) is 2.14. The Bertz CT molecular complexity index is 912. The number of phenols is 1. The normalized spacial score (nSPS) is 12.3. The van der Waals surface area contributed by atoms with Crippen molar-refractivity contribution in [3.05, 3.63) is 60.0 Å². The summed E-state index contributed by atoms with van der Waals surface area (Å²) in [5, 5.41) is 18.5. The van der Waals surface area contributed by atoms with Gasteiger partial charge in [-0.05, 0) is 69.6 Å². The lowest BCUT2D eigenvalue weighted by Crippen LogP contribution is -2.13. The molecule has 6 nitrogen and oxygen atoms in total. The fourth-order valence-electron chi connectivity index (χ4n) is 3.04. The van der Waals surface area contributed by atoms with Crippen molar-refractivity contribution in [1.82, 2.24) is 15.1 Å². The summed E-state index contributed by atoms with van der Waals surface area (Å²) in [4.78, 5) is 2.18. The van der Waals surface area contributed by atoms with Gasteiger partial charge in [0.05, 0.1) is 6.61 Å². The van der Waals surface area contributed by atoms with Crippen molar-refractivity contribution >= 4 is 11.8 Å². The van der Waals surface area contributed by atoms with Gasteiger partial charge >= 0.3 is 0 Å². The van der Waals surface area contributed by atoms with Crippen LogP contribution in [-0.2, 0) is 0 Å². The molecule has 0 spiro atoms. The van der Waals surface area contributed by atoms with Gasteiger partial charge in [-0.2, -0.15) is 0 Å². The summed E-state index contributed by atoms with van der Waals surface area (Å²) in [5.74, 6) is 2.86. The van der Waals surface area contributed by atoms with Crippen molar-refractivity contribution in [2.45, 2.75) is 25.0 Å². The number of phenolic OH excluding ortho intramolecular Hbond substituents is 1. The maximum absolute atomic E-state index is 10.2. The van der Waals surface area contributed by atoms with Gasteiger partial charge in [-0.1, -0.05) is 25.1 Å². The highest BCUT2D eigenvalue weighted by Crippen LogP contribution is 2.39. The van der Waals surface area contributed by atoms with E-state index in [4.69, 9.17) is 9.15 Å². The summed E-state index contributed by atoms with van der Waals surface area (Å²) >= 11 is 1.64. The van der Waals surface area contributed by atoms with E-state index >= 15 is 0 Å². The van der Waals surface area contributed by atoms with E-state index in [2.05, 4.69) is 36.1 Å². The standard InChI is InChI=1S/C23H29N3O3S/c1-4-30-21(19-9-5-6-10-20(19)27)23-25-24-22(29-23)17-11-13-18(14-12-17)28-16-8-7-15-26(2)3/h5-6,9-14,21,27H,4,7-8,15-16H2,1-3H3. The topological polar surface area (TPSA) is 71.6 Å². The lowest BCUT2D eigenvalue weighted by Gasteiger charge is -2.13. The first-order valence-electron chi connectivity index (χ1n) is 10.2. The third-order valence-corrected chi connectivity index (χ3v) is 5.71. The molecule has 0 aliphatic rings. The summed E-state index contributed by atoms with van der Waals surface area (Å²) in [7, 11) is 4.16. The van der Waals surface area contributed by atoms with Crippen LogP contribution in [0.2, 0.25) is 0 Å². The second kappa shape index (κ2) is 11.0. The highest BCUT2D eigenvalue weighted by Gasteiger charge is 2.23. The summed E-state index contributed by atoms with van der Waals surface area (Å²) in [6, 6.07) is 15.0. The lowest BCUT2D eigenvalue weighted by molar-refractivity contribution is 0.293. The largest absolute Gasteiger partial charge is 0.508 e. The molecule has 3 aromatic rings. The molecule has 0 radical (unpaired) electrons. The van der Waals surface area contributed by atoms with E-state index < -0.39 is 0 Å². The van der Waals surface area contributed by atoms with E-state index in [1.54, 1.807) is 23.9 Å². The van der Waals surface area contributed by atoms with Crippen molar-refractivity contribution in [2.75, 3.05) is 33.0 Å². The molecule has 0 fully saturated rings. The van der Waals surface area contributed by atoms with Crippen LogP contribution in [0.25, 0.3) is 11.5 Å². The molecule has 2 aromatic carbocycles. The Balaban J connectivity index is 1.65. The number of aromatic hydroxyl groups is 1.